The average Bonchev–Trinajstić information content (AvgIpc) is 2.53. The van der Waals surface area contributed by atoms with Gasteiger partial charge in [0.25, 0.3) is 0 Å². The van der Waals surface area contributed by atoms with E-state index in [0.29, 0.717) is 6.04 Å². The molecule has 1 aliphatic rings. The maximum atomic E-state index is 4.44. The van der Waals surface area contributed by atoms with E-state index < -0.39 is 0 Å². The summed E-state index contributed by atoms with van der Waals surface area (Å²) in [7, 11) is 0. The molecule has 1 aliphatic heterocycles. The van der Waals surface area contributed by atoms with Crippen LogP contribution in [0.15, 0.2) is 6.07 Å². The minimum Gasteiger partial charge on any atom is -0.309 e. The van der Waals surface area contributed by atoms with Crippen LogP contribution >= 0.6 is 0 Å². The molecular formula is C10H15N3. The van der Waals surface area contributed by atoms with Crippen LogP contribution in [0.2, 0.25) is 0 Å². The van der Waals surface area contributed by atoms with Crippen LogP contribution in [0.1, 0.15) is 36.1 Å². The molecule has 1 atom stereocenters. The summed E-state index contributed by atoms with van der Waals surface area (Å²) in [6.07, 6.45) is 2.46. The number of nitrogens with one attached hydrogen (secondary N) is 1. The second-order valence-electron chi connectivity index (χ2n) is 3.63. The van der Waals surface area contributed by atoms with Gasteiger partial charge in [-0.05, 0) is 39.3 Å². The predicted octanol–water partition coefficient (Wildman–Crippen LogP) is 1.52. The molecule has 0 saturated carbocycles. The van der Waals surface area contributed by atoms with Gasteiger partial charge in [-0.25, -0.2) is 9.97 Å². The molecule has 1 aromatic rings. The highest BCUT2D eigenvalue weighted by atomic mass is 15.0. The first-order valence-corrected chi connectivity index (χ1v) is 4.81. The van der Waals surface area contributed by atoms with Gasteiger partial charge >= 0.3 is 0 Å². The first-order valence-electron chi connectivity index (χ1n) is 4.81. The average molecular weight is 177 g/mol. The third-order valence-corrected chi connectivity index (χ3v) is 2.40. The SMILES string of the molecule is Cc1cc(C2CCCN2)nc(C)n1. The lowest BCUT2D eigenvalue weighted by atomic mass is 10.1. The number of hydrogen-bond donors (Lipinski definition) is 1. The molecule has 3 nitrogen and oxygen atoms in total. The van der Waals surface area contributed by atoms with Gasteiger partial charge in [0.1, 0.15) is 5.82 Å². The van der Waals surface area contributed by atoms with Gasteiger partial charge in [-0.2, -0.15) is 0 Å². The molecule has 1 unspecified atom stereocenters. The van der Waals surface area contributed by atoms with Crippen LogP contribution in [0.5, 0.6) is 0 Å². The Labute approximate surface area is 78.6 Å². The third kappa shape index (κ3) is 1.86. The smallest absolute Gasteiger partial charge is 0.125 e. The highest BCUT2D eigenvalue weighted by molar-refractivity contribution is 5.14. The highest BCUT2D eigenvalue weighted by Crippen LogP contribution is 2.21. The van der Waals surface area contributed by atoms with Crippen LogP contribution in [0.3, 0.4) is 0 Å². The van der Waals surface area contributed by atoms with Gasteiger partial charge < -0.3 is 5.32 Å². The quantitative estimate of drug-likeness (QED) is 0.706. The zero-order valence-corrected chi connectivity index (χ0v) is 8.17. The van der Waals surface area contributed by atoms with Crippen molar-refractivity contribution in [3.05, 3.63) is 23.3 Å². The molecule has 2 rings (SSSR count). The van der Waals surface area contributed by atoms with E-state index in [9.17, 15) is 0 Å². The van der Waals surface area contributed by atoms with Crippen molar-refractivity contribution in [1.29, 1.82) is 0 Å². The fourth-order valence-corrected chi connectivity index (χ4v) is 1.86. The second kappa shape index (κ2) is 3.42. The molecule has 2 heterocycles. The van der Waals surface area contributed by atoms with Crippen LogP contribution in [-0.4, -0.2) is 16.5 Å². The Morgan fingerprint density at radius 1 is 1.38 bits per heavy atom. The Balaban J connectivity index is 2.28. The van der Waals surface area contributed by atoms with Gasteiger partial charge in [0, 0.05) is 11.7 Å². The topological polar surface area (TPSA) is 37.8 Å². The van der Waals surface area contributed by atoms with E-state index in [0.717, 1.165) is 23.8 Å². The van der Waals surface area contributed by atoms with Crippen molar-refractivity contribution in [2.75, 3.05) is 6.54 Å². The first-order chi connectivity index (χ1) is 6.25. The van der Waals surface area contributed by atoms with E-state index in [-0.39, 0.29) is 0 Å². The van der Waals surface area contributed by atoms with Gasteiger partial charge in [0.05, 0.1) is 5.69 Å². The molecule has 1 fully saturated rings. The Morgan fingerprint density at radius 3 is 2.85 bits per heavy atom. The van der Waals surface area contributed by atoms with Crippen LogP contribution in [0.4, 0.5) is 0 Å². The van der Waals surface area contributed by atoms with Crippen molar-refractivity contribution in [3.8, 4) is 0 Å². The summed E-state index contributed by atoms with van der Waals surface area (Å²) in [6.45, 7) is 5.09. The molecule has 3 heteroatoms. The van der Waals surface area contributed by atoms with E-state index in [1.807, 2.05) is 13.8 Å². The Kier molecular flexibility index (Phi) is 2.27. The van der Waals surface area contributed by atoms with E-state index in [2.05, 4.69) is 21.4 Å². The van der Waals surface area contributed by atoms with Crippen molar-refractivity contribution >= 4 is 0 Å². The molecule has 0 amide bonds. The minimum absolute atomic E-state index is 0.459. The standard InChI is InChI=1S/C10H15N3/c1-7-6-10(13-8(2)12-7)9-4-3-5-11-9/h6,9,11H,3-5H2,1-2H3. The van der Waals surface area contributed by atoms with Crippen molar-refractivity contribution in [2.45, 2.75) is 32.7 Å². The van der Waals surface area contributed by atoms with E-state index in [4.69, 9.17) is 0 Å². The number of aromatic nitrogens is 2. The molecule has 0 aromatic carbocycles. The molecule has 0 radical (unpaired) electrons. The summed E-state index contributed by atoms with van der Waals surface area (Å²) < 4.78 is 0. The van der Waals surface area contributed by atoms with Gasteiger partial charge in [-0.3, -0.25) is 0 Å². The van der Waals surface area contributed by atoms with E-state index in [1.165, 1.54) is 12.8 Å². The molecule has 1 saturated heterocycles. The van der Waals surface area contributed by atoms with Crippen molar-refractivity contribution in [2.24, 2.45) is 0 Å². The fraction of sp³-hybridized carbons (Fsp3) is 0.600. The zero-order chi connectivity index (χ0) is 9.26. The summed E-state index contributed by atoms with van der Waals surface area (Å²) >= 11 is 0. The molecule has 0 aliphatic carbocycles. The van der Waals surface area contributed by atoms with Crippen molar-refractivity contribution in [3.63, 3.8) is 0 Å². The lowest BCUT2D eigenvalue weighted by molar-refractivity contribution is 0.621. The Bertz CT molecular complexity index is 283. The van der Waals surface area contributed by atoms with E-state index in [1.54, 1.807) is 0 Å². The molecular weight excluding hydrogens is 162 g/mol. The molecule has 70 valence electrons. The molecule has 0 spiro atoms. The summed E-state index contributed by atoms with van der Waals surface area (Å²) in [5, 5.41) is 3.44. The highest BCUT2D eigenvalue weighted by Gasteiger charge is 2.17. The molecule has 1 N–H and O–H groups in total. The third-order valence-electron chi connectivity index (χ3n) is 2.40. The van der Waals surface area contributed by atoms with Crippen LogP contribution in [0, 0.1) is 13.8 Å². The fourth-order valence-electron chi connectivity index (χ4n) is 1.86. The zero-order valence-electron chi connectivity index (χ0n) is 8.17. The number of nitrogens with zero attached hydrogens (tertiary/aromatic N) is 2. The summed E-state index contributed by atoms with van der Waals surface area (Å²) in [5.74, 6) is 0.878. The monoisotopic (exact) mass is 177 g/mol. The Morgan fingerprint density at radius 2 is 2.23 bits per heavy atom. The summed E-state index contributed by atoms with van der Waals surface area (Å²) in [5.41, 5.74) is 2.22. The van der Waals surface area contributed by atoms with Gasteiger partial charge in [0.2, 0.25) is 0 Å². The lowest BCUT2D eigenvalue weighted by Gasteiger charge is -2.10. The molecule has 0 bridgehead atoms. The first kappa shape index (κ1) is 8.63. The van der Waals surface area contributed by atoms with Crippen molar-refractivity contribution in [1.82, 2.24) is 15.3 Å². The minimum atomic E-state index is 0.459. The van der Waals surface area contributed by atoms with Gasteiger partial charge in [-0.1, -0.05) is 0 Å². The van der Waals surface area contributed by atoms with Gasteiger partial charge in [0.15, 0.2) is 0 Å². The van der Waals surface area contributed by atoms with Crippen LogP contribution in [-0.2, 0) is 0 Å². The number of hydrogen-bond acceptors (Lipinski definition) is 3. The van der Waals surface area contributed by atoms with Crippen LogP contribution < -0.4 is 5.32 Å². The second-order valence-corrected chi connectivity index (χ2v) is 3.63. The van der Waals surface area contributed by atoms with Gasteiger partial charge in [-0.15, -0.1) is 0 Å². The number of rotatable bonds is 1. The maximum absolute atomic E-state index is 4.44. The van der Waals surface area contributed by atoms with E-state index >= 15 is 0 Å². The maximum Gasteiger partial charge on any atom is 0.125 e. The van der Waals surface area contributed by atoms with Crippen molar-refractivity contribution < 1.29 is 0 Å². The lowest BCUT2D eigenvalue weighted by Crippen LogP contribution is -2.15. The Hall–Kier alpha value is -0.960. The van der Waals surface area contributed by atoms with Crippen LogP contribution in [0.25, 0.3) is 0 Å². The summed E-state index contributed by atoms with van der Waals surface area (Å²) in [6, 6.07) is 2.54. The summed E-state index contributed by atoms with van der Waals surface area (Å²) in [4.78, 5) is 8.71. The largest absolute Gasteiger partial charge is 0.309 e. The molecule has 13 heavy (non-hydrogen) atoms. The predicted molar refractivity (Wildman–Crippen MR) is 51.5 cm³/mol. The number of aryl methyl sites for hydroxylation is 2. The molecule has 1 aromatic heterocycles. The normalized spacial score (nSPS) is 22.2.